The van der Waals surface area contributed by atoms with Gasteiger partial charge in [0, 0.05) is 37.7 Å². The summed E-state index contributed by atoms with van der Waals surface area (Å²) < 4.78 is 17.6. The summed E-state index contributed by atoms with van der Waals surface area (Å²) in [5.41, 5.74) is 1.56. The fourth-order valence-corrected chi connectivity index (χ4v) is 4.04. The maximum atomic E-state index is 9.62. The van der Waals surface area contributed by atoms with Crippen LogP contribution in [-0.4, -0.2) is 36.1 Å². The van der Waals surface area contributed by atoms with Crippen LogP contribution in [0.25, 0.3) is 11.7 Å². The highest BCUT2D eigenvalue weighted by molar-refractivity contribution is 6.30. The van der Waals surface area contributed by atoms with Crippen molar-refractivity contribution in [2.45, 2.75) is 13.2 Å². The molecule has 8 heteroatoms. The molecule has 3 heterocycles. The number of oxazole rings is 1. The number of hydrogen-bond acceptors (Lipinski definition) is 7. The van der Waals surface area contributed by atoms with Crippen molar-refractivity contribution in [1.29, 1.82) is 5.26 Å². The lowest BCUT2D eigenvalue weighted by atomic mass is 10.2. The summed E-state index contributed by atoms with van der Waals surface area (Å²) in [5, 5.41) is 10.3. The number of nitriles is 1. The zero-order valence-corrected chi connectivity index (χ0v) is 19.2. The van der Waals surface area contributed by atoms with E-state index in [1.54, 1.807) is 30.3 Å². The minimum absolute atomic E-state index is 0.254. The van der Waals surface area contributed by atoms with Gasteiger partial charge in [-0.15, -0.1) is 0 Å². The first-order valence-electron chi connectivity index (χ1n) is 11.1. The Morgan fingerprint density at radius 2 is 1.71 bits per heavy atom. The molecule has 0 radical (unpaired) electrons. The summed E-state index contributed by atoms with van der Waals surface area (Å²) in [4.78, 5) is 8.84. The molecule has 0 aliphatic carbocycles. The summed E-state index contributed by atoms with van der Waals surface area (Å²) >= 11 is 5.90. The zero-order valence-electron chi connectivity index (χ0n) is 18.5. The summed E-state index contributed by atoms with van der Waals surface area (Å²) in [6.07, 6.45) is 0. The molecular weight excluding hydrogens is 452 g/mol. The summed E-state index contributed by atoms with van der Waals surface area (Å²) in [6, 6.07) is 23.3. The summed E-state index contributed by atoms with van der Waals surface area (Å²) in [7, 11) is 0. The number of anilines is 1. The van der Waals surface area contributed by atoms with Crippen LogP contribution in [-0.2, 0) is 13.2 Å². The van der Waals surface area contributed by atoms with E-state index < -0.39 is 0 Å². The van der Waals surface area contributed by atoms with Gasteiger partial charge in [0.1, 0.15) is 24.2 Å². The third-order valence-electron chi connectivity index (χ3n) is 5.69. The number of hydrogen-bond donors (Lipinski definition) is 0. The van der Waals surface area contributed by atoms with E-state index in [1.165, 1.54) is 5.56 Å². The lowest BCUT2D eigenvalue weighted by Gasteiger charge is -2.34. The first-order valence-corrected chi connectivity index (χ1v) is 11.5. The van der Waals surface area contributed by atoms with E-state index in [0.29, 0.717) is 28.2 Å². The standard InChI is InChI=1S/C26H23ClN4O3/c27-20-6-8-21(9-7-20)32-18-22-10-11-24(33-22)25-29-23(16-28)26(34-25)31-14-12-30(13-15-31)17-19-4-2-1-3-5-19/h1-11H,12-15,17-18H2. The van der Waals surface area contributed by atoms with Crippen molar-refractivity contribution in [2.24, 2.45) is 0 Å². The molecule has 2 aromatic carbocycles. The topological polar surface area (TPSA) is 78.7 Å². The number of furan rings is 1. The van der Waals surface area contributed by atoms with E-state index in [0.717, 1.165) is 32.7 Å². The number of benzene rings is 2. The summed E-state index contributed by atoms with van der Waals surface area (Å²) in [6.45, 7) is 4.44. The lowest BCUT2D eigenvalue weighted by molar-refractivity contribution is 0.246. The van der Waals surface area contributed by atoms with Gasteiger partial charge in [-0.3, -0.25) is 4.90 Å². The van der Waals surface area contributed by atoms with Crippen LogP contribution in [0.3, 0.4) is 0 Å². The maximum absolute atomic E-state index is 9.62. The van der Waals surface area contributed by atoms with E-state index in [-0.39, 0.29) is 18.2 Å². The quantitative estimate of drug-likeness (QED) is 0.356. The molecule has 1 aliphatic heterocycles. The fraction of sp³-hybridized carbons (Fsp3) is 0.231. The van der Waals surface area contributed by atoms with Crippen molar-refractivity contribution in [3.05, 3.63) is 88.8 Å². The van der Waals surface area contributed by atoms with E-state index in [9.17, 15) is 5.26 Å². The molecule has 7 nitrogen and oxygen atoms in total. The van der Waals surface area contributed by atoms with Crippen LogP contribution in [0.5, 0.6) is 5.75 Å². The van der Waals surface area contributed by atoms with Crippen LogP contribution in [0.1, 0.15) is 17.0 Å². The molecule has 1 fully saturated rings. The number of halogens is 1. The SMILES string of the molecule is N#Cc1nc(-c2ccc(COc3ccc(Cl)cc3)o2)oc1N1CCN(Cc2ccccc2)CC1. The molecule has 2 aromatic heterocycles. The second kappa shape index (κ2) is 10.0. The predicted octanol–water partition coefficient (Wildman–Crippen LogP) is 5.36. The van der Waals surface area contributed by atoms with Gasteiger partial charge in [-0.2, -0.15) is 10.2 Å². The minimum Gasteiger partial charge on any atom is -0.486 e. The number of piperazine rings is 1. The van der Waals surface area contributed by atoms with E-state index in [2.05, 4.69) is 45.1 Å². The molecule has 1 saturated heterocycles. The van der Waals surface area contributed by atoms with Crippen molar-refractivity contribution >= 4 is 17.5 Å². The molecule has 0 unspecified atom stereocenters. The molecule has 0 saturated carbocycles. The Kier molecular flexibility index (Phi) is 6.52. The van der Waals surface area contributed by atoms with Crippen LogP contribution in [0.4, 0.5) is 5.88 Å². The largest absolute Gasteiger partial charge is 0.486 e. The third-order valence-corrected chi connectivity index (χ3v) is 5.94. The molecule has 0 N–H and O–H groups in total. The third kappa shape index (κ3) is 5.09. The van der Waals surface area contributed by atoms with Crippen LogP contribution in [0.2, 0.25) is 5.02 Å². The normalized spacial score (nSPS) is 14.2. The van der Waals surface area contributed by atoms with Gasteiger partial charge in [-0.25, -0.2) is 0 Å². The Balaban J connectivity index is 1.22. The molecular formula is C26H23ClN4O3. The number of rotatable bonds is 7. The fourth-order valence-electron chi connectivity index (χ4n) is 3.91. The van der Waals surface area contributed by atoms with E-state index in [1.807, 2.05) is 12.1 Å². The Morgan fingerprint density at radius 1 is 0.941 bits per heavy atom. The average Bonchev–Trinajstić information content (AvgIpc) is 3.52. The molecule has 34 heavy (non-hydrogen) atoms. The van der Waals surface area contributed by atoms with Gasteiger partial charge in [0.15, 0.2) is 5.76 Å². The number of nitrogens with zero attached hydrogens (tertiary/aromatic N) is 4. The Morgan fingerprint density at radius 3 is 2.44 bits per heavy atom. The molecule has 0 amide bonds. The average molecular weight is 475 g/mol. The van der Waals surface area contributed by atoms with Gasteiger partial charge in [-0.1, -0.05) is 41.9 Å². The van der Waals surface area contributed by atoms with Gasteiger partial charge in [-0.05, 0) is 42.0 Å². The predicted molar refractivity (Wildman–Crippen MR) is 129 cm³/mol. The van der Waals surface area contributed by atoms with Crippen LogP contribution < -0.4 is 9.64 Å². The molecule has 5 rings (SSSR count). The highest BCUT2D eigenvalue weighted by Crippen LogP contribution is 2.30. The Hall–Kier alpha value is -3.73. The van der Waals surface area contributed by atoms with Gasteiger partial charge >= 0.3 is 0 Å². The first kappa shape index (κ1) is 22.1. The van der Waals surface area contributed by atoms with Crippen molar-refractivity contribution in [3.63, 3.8) is 0 Å². The van der Waals surface area contributed by atoms with Gasteiger partial charge in [0.2, 0.25) is 11.6 Å². The summed E-state index contributed by atoms with van der Waals surface area (Å²) in [5.74, 6) is 2.56. The van der Waals surface area contributed by atoms with Crippen LogP contribution >= 0.6 is 11.6 Å². The van der Waals surface area contributed by atoms with Crippen molar-refractivity contribution < 1.29 is 13.6 Å². The van der Waals surface area contributed by atoms with Crippen molar-refractivity contribution in [3.8, 4) is 23.5 Å². The first-order chi connectivity index (χ1) is 16.7. The van der Waals surface area contributed by atoms with Gasteiger partial charge in [0.05, 0.1) is 0 Å². The van der Waals surface area contributed by atoms with Crippen molar-refractivity contribution in [1.82, 2.24) is 9.88 Å². The maximum Gasteiger partial charge on any atom is 0.266 e. The Labute approximate surface area is 202 Å². The lowest BCUT2D eigenvalue weighted by Crippen LogP contribution is -2.46. The van der Waals surface area contributed by atoms with Gasteiger partial charge in [0.25, 0.3) is 5.89 Å². The highest BCUT2D eigenvalue weighted by Gasteiger charge is 2.25. The van der Waals surface area contributed by atoms with Gasteiger partial charge < -0.3 is 18.5 Å². The van der Waals surface area contributed by atoms with Crippen LogP contribution in [0.15, 0.2) is 75.6 Å². The van der Waals surface area contributed by atoms with Crippen LogP contribution in [0, 0.1) is 11.3 Å². The second-order valence-electron chi connectivity index (χ2n) is 8.04. The number of aromatic nitrogens is 1. The minimum atomic E-state index is 0.254. The monoisotopic (exact) mass is 474 g/mol. The molecule has 0 spiro atoms. The smallest absolute Gasteiger partial charge is 0.266 e. The molecule has 0 atom stereocenters. The number of ether oxygens (including phenoxy) is 1. The highest BCUT2D eigenvalue weighted by atomic mass is 35.5. The zero-order chi connectivity index (χ0) is 23.3. The molecule has 172 valence electrons. The molecule has 0 bridgehead atoms. The van der Waals surface area contributed by atoms with E-state index in [4.69, 9.17) is 25.2 Å². The second-order valence-corrected chi connectivity index (χ2v) is 8.48. The molecule has 1 aliphatic rings. The van der Waals surface area contributed by atoms with E-state index >= 15 is 0 Å². The molecule has 4 aromatic rings. The Bertz CT molecular complexity index is 1270. The van der Waals surface area contributed by atoms with Crippen molar-refractivity contribution in [2.75, 3.05) is 31.1 Å².